The Morgan fingerprint density at radius 2 is 1.20 bits per heavy atom. The van der Waals surface area contributed by atoms with Gasteiger partial charge in [-0.25, -0.2) is 0 Å². The molecule has 1 nitrogen and oxygen atoms in total. The van der Waals surface area contributed by atoms with Crippen LogP contribution in [-0.4, -0.2) is 0 Å². The molecule has 1 aliphatic heterocycles. The summed E-state index contributed by atoms with van der Waals surface area (Å²) in [5.74, 6) is 3.30. The van der Waals surface area contributed by atoms with Crippen LogP contribution in [0.15, 0.2) is 125 Å². The van der Waals surface area contributed by atoms with E-state index in [0.717, 1.165) is 23.7 Å². The molecule has 0 saturated heterocycles. The summed E-state index contributed by atoms with van der Waals surface area (Å²) in [5, 5.41) is 0. The standard InChI is InChI=1S/C48H49NS/c1-46(2)23-24-47(3,4)44-40(46)18-12-20-42(44)49(36-15-9-6-10-16-36)37-21-22-39-43(30-37)50-45-38(33-13-7-5-8-14-33)17-11-19-41(45)48(39)34-26-31-25-32(28-34)29-35(48)27-31/h5-22,30-32,34-35H,23-29H2,1-4H3. The van der Waals surface area contributed by atoms with E-state index in [-0.39, 0.29) is 16.2 Å². The molecule has 1 heterocycles. The molecule has 0 radical (unpaired) electrons. The minimum atomic E-state index is 0.0887. The van der Waals surface area contributed by atoms with Crippen molar-refractivity contribution in [3.05, 3.63) is 138 Å². The van der Waals surface area contributed by atoms with Gasteiger partial charge >= 0.3 is 0 Å². The summed E-state index contributed by atoms with van der Waals surface area (Å²) in [5.41, 5.74) is 13.2. The van der Waals surface area contributed by atoms with Gasteiger partial charge in [0.15, 0.2) is 0 Å². The number of fused-ring (bicyclic) bond motifs is 3. The highest BCUT2D eigenvalue weighted by molar-refractivity contribution is 7.99. The predicted molar refractivity (Wildman–Crippen MR) is 210 cm³/mol. The Morgan fingerprint density at radius 1 is 0.560 bits per heavy atom. The topological polar surface area (TPSA) is 3.24 Å². The minimum Gasteiger partial charge on any atom is -0.310 e. The maximum absolute atomic E-state index is 2.60. The maximum Gasteiger partial charge on any atom is 0.0502 e. The fourth-order valence-electron chi connectivity index (χ4n) is 11.8. The minimum absolute atomic E-state index is 0.0887. The highest BCUT2D eigenvalue weighted by atomic mass is 32.2. The summed E-state index contributed by atoms with van der Waals surface area (Å²) in [6.07, 6.45) is 9.46. The summed E-state index contributed by atoms with van der Waals surface area (Å²) in [4.78, 5) is 5.56. The normalized spacial score (nSPS) is 27.8. The third-order valence-electron chi connectivity index (χ3n) is 13.9. The first kappa shape index (κ1) is 31.0. The molecule has 50 heavy (non-hydrogen) atoms. The molecule has 0 amide bonds. The molecule has 0 aromatic heterocycles. The lowest BCUT2D eigenvalue weighted by Crippen LogP contribution is -2.57. The van der Waals surface area contributed by atoms with Crippen molar-refractivity contribution in [2.75, 3.05) is 4.90 Å². The molecule has 0 unspecified atom stereocenters. The van der Waals surface area contributed by atoms with E-state index in [1.165, 1.54) is 94.1 Å². The van der Waals surface area contributed by atoms with Crippen LogP contribution in [-0.2, 0) is 16.2 Å². The Morgan fingerprint density at radius 3 is 1.92 bits per heavy atom. The number of para-hydroxylation sites is 1. The second-order valence-corrected chi connectivity index (χ2v) is 18.7. The number of anilines is 3. The smallest absolute Gasteiger partial charge is 0.0502 e. The van der Waals surface area contributed by atoms with E-state index < -0.39 is 0 Å². The lowest BCUT2D eigenvalue weighted by atomic mass is 9.42. The van der Waals surface area contributed by atoms with Crippen molar-refractivity contribution in [2.24, 2.45) is 23.7 Å². The van der Waals surface area contributed by atoms with Crippen molar-refractivity contribution in [1.29, 1.82) is 0 Å². The molecule has 5 aliphatic carbocycles. The second-order valence-electron chi connectivity index (χ2n) is 17.6. The third-order valence-corrected chi connectivity index (χ3v) is 15.1. The van der Waals surface area contributed by atoms with Crippen LogP contribution < -0.4 is 4.90 Å². The van der Waals surface area contributed by atoms with Gasteiger partial charge in [-0.2, -0.15) is 0 Å². The first-order valence-corrected chi connectivity index (χ1v) is 20.1. The molecule has 6 aliphatic rings. The van der Waals surface area contributed by atoms with E-state index in [1.807, 2.05) is 11.8 Å². The van der Waals surface area contributed by atoms with Gasteiger partial charge < -0.3 is 4.90 Å². The van der Waals surface area contributed by atoms with Crippen molar-refractivity contribution >= 4 is 28.8 Å². The maximum atomic E-state index is 2.60. The van der Waals surface area contributed by atoms with Crippen LogP contribution in [0, 0.1) is 23.7 Å². The van der Waals surface area contributed by atoms with Crippen LogP contribution in [0.25, 0.3) is 11.1 Å². The van der Waals surface area contributed by atoms with Crippen LogP contribution in [0.4, 0.5) is 17.1 Å². The van der Waals surface area contributed by atoms with E-state index >= 15 is 0 Å². The van der Waals surface area contributed by atoms with Gasteiger partial charge in [-0.1, -0.05) is 124 Å². The van der Waals surface area contributed by atoms with Gasteiger partial charge in [0.2, 0.25) is 0 Å². The van der Waals surface area contributed by atoms with Gasteiger partial charge in [0, 0.05) is 26.6 Å². The lowest BCUT2D eigenvalue weighted by Gasteiger charge is -2.63. The van der Waals surface area contributed by atoms with Crippen LogP contribution in [0.3, 0.4) is 0 Å². The van der Waals surface area contributed by atoms with Crippen molar-refractivity contribution in [3.8, 4) is 11.1 Å². The fraction of sp³-hybridized carbons (Fsp3) is 0.375. The molecule has 5 aromatic carbocycles. The van der Waals surface area contributed by atoms with Gasteiger partial charge in [0.25, 0.3) is 0 Å². The predicted octanol–water partition coefficient (Wildman–Crippen LogP) is 13.4. The van der Waals surface area contributed by atoms with E-state index in [1.54, 1.807) is 11.1 Å². The Hall–Kier alpha value is -3.75. The number of hydrogen-bond acceptors (Lipinski definition) is 2. The molecule has 11 rings (SSSR count). The molecule has 4 fully saturated rings. The number of nitrogens with zero attached hydrogens (tertiary/aromatic N) is 1. The average molecular weight is 672 g/mol. The van der Waals surface area contributed by atoms with Gasteiger partial charge in [0.05, 0.1) is 5.69 Å². The average Bonchev–Trinajstić information content (AvgIpc) is 3.12. The first-order chi connectivity index (χ1) is 24.2. The van der Waals surface area contributed by atoms with Gasteiger partial charge in [0.1, 0.15) is 0 Å². The molecule has 4 bridgehead atoms. The number of benzene rings is 5. The van der Waals surface area contributed by atoms with Crippen LogP contribution in [0.5, 0.6) is 0 Å². The van der Waals surface area contributed by atoms with Crippen molar-refractivity contribution in [2.45, 2.75) is 98.7 Å². The molecular formula is C48H49NS. The van der Waals surface area contributed by atoms with E-state index in [4.69, 9.17) is 0 Å². The Balaban J connectivity index is 1.21. The van der Waals surface area contributed by atoms with Crippen LogP contribution in [0.2, 0.25) is 0 Å². The highest BCUT2D eigenvalue weighted by Crippen LogP contribution is 2.69. The van der Waals surface area contributed by atoms with E-state index in [2.05, 4.69) is 148 Å². The molecule has 252 valence electrons. The molecule has 5 aromatic rings. The Bertz CT molecular complexity index is 2080. The Labute approximate surface area is 303 Å². The third kappa shape index (κ3) is 4.46. The van der Waals surface area contributed by atoms with Gasteiger partial charge in [-0.15, -0.1) is 0 Å². The van der Waals surface area contributed by atoms with Gasteiger partial charge in [-0.3, -0.25) is 0 Å². The fourth-order valence-corrected chi connectivity index (χ4v) is 13.2. The Kier molecular flexibility index (Phi) is 6.90. The SMILES string of the molecule is CC1(C)CCC(C)(C)c2c(N(c3ccccc3)c3ccc4c(c3)Sc3c(-c5ccccc5)cccc3C43C4CC5CC(C4)CC3C5)cccc21. The highest BCUT2D eigenvalue weighted by Gasteiger charge is 2.61. The largest absolute Gasteiger partial charge is 0.310 e. The molecule has 0 atom stereocenters. The van der Waals surface area contributed by atoms with E-state index in [9.17, 15) is 0 Å². The van der Waals surface area contributed by atoms with Crippen molar-refractivity contribution < 1.29 is 0 Å². The molecule has 2 heteroatoms. The molecular weight excluding hydrogens is 623 g/mol. The van der Waals surface area contributed by atoms with Crippen molar-refractivity contribution in [3.63, 3.8) is 0 Å². The van der Waals surface area contributed by atoms with Crippen molar-refractivity contribution in [1.82, 2.24) is 0 Å². The zero-order chi connectivity index (χ0) is 33.8. The lowest BCUT2D eigenvalue weighted by molar-refractivity contribution is -0.0443. The first-order valence-electron chi connectivity index (χ1n) is 19.2. The van der Waals surface area contributed by atoms with Gasteiger partial charge in [-0.05, 0) is 143 Å². The zero-order valence-corrected chi connectivity index (χ0v) is 30.9. The second kappa shape index (κ2) is 11.1. The van der Waals surface area contributed by atoms with Crippen LogP contribution in [0.1, 0.15) is 94.9 Å². The number of rotatable bonds is 4. The summed E-state index contributed by atoms with van der Waals surface area (Å²) >= 11 is 2.05. The van der Waals surface area contributed by atoms with E-state index in [0.29, 0.717) is 0 Å². The summed E-state index contributed by atoms with van der Waals surface area (Å²) < 4.78 is 0. The summed E-state index contributed by atoms with van der Waals surface area (Å²) in [7, 11) is 0. The molecule has 0 N–H and O–H groups in total. The van der Waals surface area contributed by atoms with Crippen LogP contribution >= 0.6 is 11.8 Å². The quantitative estimate of drug-likeness (QED) is 0.187. The summed E-state index contributed by atoms with van der Waals surface area (Å²) in [6.45, 7) is 9.82. The monoisotopic (exact) mass is 671 g/mol. The summed E-state index contributed by atoms with van der Waals surface area (Å²) in [6, 6.07) is 44.4. The molecule has 4 saturated carbocycles. The molecule has 1 spiro atoms. The number of hydrogen-bond donors (Lipinski definition) is 0. The zero-order valence-electron chi connectivity index (χ0n) is 30.1.